The van der Waals surface area contributed by atoms with E-state index < -0.39 is 11.9 Å². The van der Waals surface area contributed by atoms with Gasteiger partial charge in [0.05, 0.1) is 7.11 Å². The van der Waals surface area contributed by atoms with E-state index in [1.54, 1.807) is 13.0 Å². The first-order chi connectivity index (χ1) is 10.1. The van der Waals surface area contributed by atoms with E-state index in [4.69, 9.17) is 9.15 Å². The van der Waals surface area contributed by atoms with Gasteiger partial charge in [-0.3, -0.25) is 0 Å². The number of rotatable bonds is 3. The predicted molar refractivity (Wildman–Crippen MR) is 78.0 cm³/mol. The highest BCUT2D eigenvalue weighted by Crippen LogP contribution is 2.35. The summed E-state index contributed by atoms with van der Waals surface area (Å²) in [5, 5.41) is 11.4. The number of hydrogen-bond donors (Lipinski definition) is 1. The van der Waals surface area contributed by atoms with Crippen LogP contribution in [0.15, 0.2) is 46.9 Å². The Morgan fingerprint density at radius 3 is 2.67 bits per heavy atom. The Balaban J connectivity index is 2.12. The zero-order chi connectivity index (χ0) is 15.0. The van der Waals surface area contributed by atoms with Gasteiger partial charge >= 0.3 is 0 Å². The molecular weight excluding hydrogens is 271 g/mol. The fourth-order valence-corrected chi connectivity index (χ4v) is 2.54. The van der Waals surface area contributed by atoms with Crippen molar-refractivity contribution in [1.29, 1.82) is 0 Å². The van der Waals surface area contributed by atoms with Gasteiger partial charge in [0.1, 0.15) is 29.0 Å². The van der Waals surface area contributed by atoms with Gasteiger partial charge in [-0.1, -0.05) is 18.2 Å². The summed E-state index contributed by atoms with van der Waals surface area (Å²) in [7, 11) is 1.47. The van der Waals surface area contributed by atoms with E-state index in [2.05, 4.69) is 0 Å². The lowest BCUT2D eigenvalue weighted by Crippen LogP contribution is -2.03. The molecule has 0 aliphatic rings. The Bertz CT molecular complexity index is 792. The lowest BCUT2D eigenvalue weighted by molar-refractivity contribution is 0.213. The Hall–Kier alpha value is -2.33. The van der Waals surface area contributed by atoms with Gasteiger partial charge in [0.15, 0.2) is 0 Å². The summed E-state index contributed by atoms with van der Waals surface area (Å²) in [5.41, 5.74) is 1.47. The molecule has 0 aliphatic carbocycles. The van der Waals surface area contributed by atoms with E-state index in [1.807, 2.05) is 24.3 Å². The van der Waals surface area contributed by atoms with E-state index >= 15 is 0 Å². The molecule has 0 amide bonds. The summed E-state index contributed by atoms with van der Waals surface area (Å²) in [6.45, 7) is 1.76. The number of aryl methyl sites for hydroxylation is 1. The van der Waals surface area contributed by atoms with Crippen LogP contribution >= 0.6 is 0 Å². The van der Waals surface area contributed by atoms with Crippen LogP contribution in [-0.4, -0.2) is 12.2 Å². The molecule has 3 nitrogen and oxygen atoms in total. The van der Waals surface area contributed by atoms with Gasteiger partial charge in [-0.15, -0.1) is 0 Å². The molecule has 0 radical (unpaired) electrons. The zero-order valence-corrected chi connectivity index (χ0v) is 11.8. The molecule has 4 heteroatoms. The molecule has 1 heterocycles. The average molecular weight is 286 g/mol. The Morgan fingerprint density at radius 1 is 1.19 bits per heavy atom. The molecule has 3 rings (SSSR count). The number of fused-ring (bicyclic) bond motifs is 1. The molecule has 2 aromatic carbocycles. The first-order valence-corrected chi connectivity index (χ1v) is 6.61. The van der Waals surface area contributed by atoms with Crippen LogP contribution < -0.4 is 4.74 Å². The maximum atomic E-state index is 14.1. The van der Waals surface area contributed by atoms with Gasteiger partial charge in [-0.05, 0) is 25.1 Å². The maximum absolute atomic E-state index is 14.1. The Labute approximate surface area is 121 Å². The SMILES string of the molecule is COc1ccc(C(O)c2c(C)oc3ccccc23)c(F)c1. The van der Waals surface area contributed by atoms with Gasteiger partial charge in [0.2, 0.25) is 0 Å². The van der Waals surface area contributed by atoms with Crippen LogP contribution in [0, 0.1) is 12.7 Å². The molecule has 0 bridgehead atoms. The quantitative estimate of drug-likeness (QED) is 0.792. The molecule has 1 aromatic heterocycles. The second kappa shape index (κ2) is 5.22. The van der Waals surface area contributed by atoms with Crippen LogP contribution in [0.3, 0.4) is 0 Å². The summed E-state index contributed by atoms with van der Waals surface area (Å²) >= 11 is 0. The molecular formula is C17H15FO3. The highest BCUT2D eigenvalue weighted by Gasteiger charge is 2.22. The first kappa shape index (κ1) is 13.6. The van der Waals surface area contributed by atoms with Crippen LogP contribution in [0.1, 0.15) is 23.0 Å². The van der Waals surface area contributed by atoms with E-state index in [0.717, 1.165) is 5.39 Å². The fourth-order valence-electron chi connectivity index (χ4n) is 2.54. The second-order valence-electron chi connectivity index (χ2n) is 4.86. The molecule has 3 aromatic rings. The number of aliphatic hydroxyl groups is 1. The lowest BCUT2D eigenvalue weighted by Gasteiger charge is -2.13. The number of ether oxygens (including phenoxy) is 1. The van der Waals surface area contributed by atoms with Crippen LogP contribution in [0.2, 0.25) is 0 Å². The number of methoxy groups -OCH3 is 1. The fraction of sp³-hybridized carbons (Fsp3) is 0.176. The highest BCUT2D eigenvalue weighted by molar-refractivity contribution is 5.83. The molecule has 1 atom stereocenters. The third-order valence-corrected chi connectivity index (χ3v) is 3.60. The van der Waals surface area contributed by atoms with Crippen LogP contribution in [-0.2, 0) is 0 Å². The van der Waals surface area contributed by atoms with Crippen molar-refractivity contribution in [3.05, 3.63) is 65.2 Å². The number of furan rings is 1. The molecule has 0 saturated carbocycles. The van der Waals surface area contributed by atoms with Crippen molar-refractivity contribution in [3.8, 4) is 5.75 Å². The maximum Gasteiger partial charge on any atom is 0.134 e. The number of halogens is 1. The normalized spacial score (nSPS) is 12.6. The third-order valence-electron chi connectivity index (χ3n) is 3.60. The van der Waals surface area contributed by atoms with Gasteiger partial charge in [-0.2, -0.15) is 0 Å². The van der Waals surface area contributed by atoms with Crippen molar-refractivity contribution in [1.82, 2.24) is 0 Å². The standard InChI is InChI=1S/C17H15FO3/c1-10-16(13-5-3-4-6-15(13)21-10)17(19)12-8-7-11(20-2)9-14(12)18/h3-9,17,19H,1-2H3. The molecule has 1 N–H and O–H groups in total. The van der Waals surface area contributed by atoms with Crippen molar-refractivity contribution >= 4 is 11.0 Å². The van der Waals surface area contributed by atoms with Crippen molar-refractivity contribution in [2.45, 2.75) is 13.0 Å². The van der Waals surface area contributed by atoms with Crippen LogP contribution in [0.4, 0.5) is 4.39 Å². The first-order valence-electron chi connectivity index (χ1n) is 6.61. The van der Waals surface area contributed by atoms with Crippen molar-refractivity contribution in [2.24, 2.45) is 0 Å². The zero-order valence-electron chi connectivity index (χ0n) is 11.8. The molecule has 108 valence electrons. The Kier molecular flexibility index (Phi) is 3.39. The summed E-state index contributed by atoms with van der Waals surface area (Å²) in [6.07, 6.45) is -1.08. The van der Waals surface area contributed by atoms with Crippen molar-refractivity contribution in [2.75, 3.05) is 7.11 Å². The average Bonchev–Trinajstić information content (AvgIpc) is 2.82. The van der Waals surface area contributed by atoms with E-state index in [-0.39, 0.29) is 5.56 Å². The smallest absolute Gasteiger partial charge is 0.134 e. The van der Waals surface area contributed by atoms with E-state index in [1.165, 1.54) is 19.2 Å². The Morgan fingerprint density at radius 2 is 1.95 bits per heavy atom. The number of benzene rings is 2. The van der Waals surface area contributed by atoms with Crippen LogP contribution in [0.5, 0.6) is 5.75 Å². The highest BCUT2D eigenvalue weighted by atomic mass is 19.1. The molecule has 0 fully saturated rings. The molecule has 0 saturated heterocycles. The van der Waals surface area contributed by atoms with E-state index in [0.29, 0.717) is 22.7 Å². The molecule has 1 unspecified atom stereocenters. The molecule has 0 spiro atoms. The summed E-state index contributed by atoms with van der Waals surface area (Å²) < 4.78 is 24.7. The van der Waals surface area contributed by atoms with Gasteiger partial charge in [0, 0.05) is 22.6 Å². The molecule has 0 aliphatic heterocycles. The summed E-state index contributed by atoms with van der Waals surface area (Å²) in [6, 6.07) is 11.8. The topological polar surface area (TPSA) is 42.6 Å². The summed E-state index contributed by atoms with van der Waals surface area (Å²) in [5.74, 6) is 0.489. The minimum atomic E-state index is -1.08. The second-order valence-corrected chi connectivity index (χ2v) is 4.86. The van der Waals surface area contributed by atoms with Crippen LogP contribution in [0.25, 0.3) is 11.0 Å². The number of aliphatic hydroxyl groups excluding tert-OH is 1. The van der Waals surface area contributed by atoms with Gasteiger partial charge < -0.3 is 14.3 Å². The van der Waals surface area contributed by atoms with Crippen molar-refractivity contribution < 1.29 is 18.7 Å². The minimum Gasteiger partial charge on any atom is -0.497 e. The summed E-state index contributed by atoms with van der Waals surface area (Å²) in [4.78, 5) is 0. The minimum absolute atomic E-state index is 0.199. The van der Waals surface area contributed by atoms with Crippen molar-refractivity contribution in [3.63, 3.8) is 0 Å². The lowest BCUT2D eigenvalue weighted by atomic mass is 9.98. The van der Waals surface area contributed by atoms with Gasteiger partial charge in [-0.25, -0.2) is 4.39 Å². The third kappa shape index (κ3) is 2.28. The predicted octanol–water partition coefficient (Wildman–Crippen LogP) is 3.97. The molecule has 21 heavy (non-hydrogen) atoms. The van der Waals surface area contributed by atoms with Gasteiger partial charge in [0.25, 0.3) is 0 Å². The van der Waals surface area contributed by atoms with E-state index in [9.17, 15) is 9.50 Å². The number of hydrogen-bond acceptors (Lipinski definition) is 3. The largest absolute Gasteiger partial charge is 0.497 e. The monoisotopic (exact) mass is 286 g/mol. The number of para-hydroxylation sites is 1.